The monoisotopic (exact) mass is 328 g/mol. The minimum Gasteiger partial charge on any atom is -0.327 e. The van der Waals surface area contributed by atoms with Crippen LogP contribution in [0.3, 0.4) is 0 Å². The molecule has 1 fully saturated rings. The van der Waals surface area contributed by atoms with Crippen molar-refractivity contribution in [1.29, 1.82) is 0 Å². The number of thioether (sulfide) groups is 1. The number of imidazole rings is 1. The third-order valence-corrected chi connectivity index (χ3v) is 5.57. The molecule has 1 saturated heterocycles. The molecular formula is C15H18Cl2N2S. The summed E-state index contributed by atoms with van der Waals surface area (Å²) in [5, 5.41) is 1.44. The molecule has 0 amide bonds. The SMILES string of the molecule is ClCCc1nc2cc(Cl)ccc2n1CC1CCCCS1. The van der Waals surface area contributed by atoms with E-state index in [0.29, 0.717) is 11.1 Å². The summed E-state index contributed by atoms with van der Waals surface area (Å²) < 4.78 is 2.34. The molecule has 1 aromatic heterocycles. The van der Waals surface area contributed by atoms with Gasteiger partial charge in [0.2, 0.25) is 0 Å². The molecule has 0 aliphatic carbocycles. The zero-order valence-corrected chi connectivity index (χ0v) is 13.6. The lowest BCUT2D eigenvalue weighted by Gasteiger charge is -2.22. The van der Waals surface area contributed by atoms with Crippen LogP contribution in [0, 0.1) is 0 Å². The molecule has 1 unspecified atom stereocenters. The zero-order valence-electron chi connectivity index (χ0n) is 11.3. The molecule has 0 radical (unpaired) electrons. The standard InChI is InChI=1S/C15H18Cl2N2S/c16-7-6-15-18-13-9-11(17)4-5-14(13)19(15)10-12-3-1-2-8-20-12/h4-5,9,12H,1-3,6-8,10H2. The lowest BCUT2D eigenvalue weighted by atomic mass is 10.2. The van der Waals surface area contributed by atoms with E-state index < -0.39 is 0 Å². The van der Waals surface area contributed by atoms with Crippen LogP contribution in [0.2, 0.25) is 5.02 Å². The summed E-state index contributed by atoms with van der Waals surface area (Å²) in [5.41, 5.74) is 2.17. The molecule has 1 aromatic carbocycles. The van der Waals surface area contributed by atoms with Gasteiger partial charge in [0, 0.05) is 29.1 Å². The average Bonchev–Trinajstić information content (AvgIpc) is 2.77. The minimum absolute atomic E-state index is 0.606. The second-order valence-corrected chi connectivity index (χ2v) is 7.42. The molecule has 20 heavy (non-hydrogen) atoms. The number of nitrogens with zero attached hydrogens (tertiary/aromatic N) is 2. The van der Waals surface area contributed by atoms with Gasteiger partial charge in [-0.1, -0.05) is 18.0 Å². The van der Waals surface area contributed by atoms with Crippen LogP contribution >= 0.6 is 35.0 Å². The number of aryl methyl sites for hydroxylation is 1. The van der Waals surface area contributed by atoms with E-state index in [9.17, 15) is 0 Å². The van der Waals surface area contributed by atoms with Gasteiger partial charge in [-0.25, -0.2) is 4.98 Å². The molecule has 1 atom stereocenters. The van der Waals surface area contributed by atoms with E-state index in [0.717, 1.165) is 29.3 Å². The highest BCUT2D eigenvalue weighted by molar-refractivity contribution is 7.99. The summed E-state index contributed by atoms with van der Waals surface area (Å²) in [4.78, 5) is 4.71. The summed E-state index contributed by atoms with van der Waals surface area (Å²) in [7, 11) is 0. The van der Waals surface area contributed by atoms with Gasteiger partial charge >= 0.3 is 0 Å². The van der Waals surface area contributed by atoms with Gasteiger partial charge in [0.25, 0.3) is 0 Å². The number of aromatic nitrogens is 2. The second-order valence-electron chi connectivity index (χ2n) is 5.20. The Morgan fingerprint density at radius 2 is 2.25 bits per heavy atom. The Bertz CT molecular complexity index is 591. The van der Waals surface area contributed by atoms with Crippen LogP contribution in [0.15, 0.2) is 18.2 Å². The van der Waals surface area contributed by atoms with Gasteiger partial charge in [-0.05, 0) is 36.8 Å². The van der Waals surface area contributed by atoms with Crippen molar-refractivity contribution in [2.75, 3.05) is 11.6 Å². The predicted octanol–water partition coefficient (Wildman–Crippen LogP) is 4.76. The minimum atomic E-state index is 0.606. The van der Waals surface area contributed by atoms with E-state index in [2.05, 4.69) is 22.4 Å². The smallest absolute Gasteiger partial charge is 0.111 e. The van der Waals surface area contributed by atoms with Crippen molar-refractivity contribution in [2.45, 2.75) is 37.5 Å². The van der Waals surface area contributed by atoms with Gasteiger partial charge in [0.05, 0.1) is 11.0 Å². The van der Waals surface area contributed by atoms with Crippen LogP contribution in [0.4, 0.5) is 0 Å². The van der Waals surface area contributed by atoms with Gasteiger partial charge in [0.15, 0.2) is 0 Å². The maximum Gasteiger partial charge on any atom is 0.111 e. The van der Waals surface area contributed by atoms with E-state index in [-0.39, 0.29) is 0 Å². The zero-order chi connectivity index (χ0) is 13.9. The fourth-order valence-corrected chi connectivity index (χ4v) is 4.41. The van der Waals surface area contributed by atoms with E-state index in [4.69, 9.17) is 28.2 Å². The lowest BCUT2D eigenvalue weighted by Crippen LogP contribution is -2.18. The van der Waals surface area contributed by atoms with Gasteiger partial charge in [-0.2, -0.15) is 11.8 Å². The Morgan fingerprint density at radius 1 is 1.35 bits per heavy atom. The summed E-state index contributed by atoms with van der Waals surface area (Å²) in [6.45, 7) is 1.04. The number of halogens is 2. The molecule has 5 heteroatoms. The number of hydrogen-bond acceptors (Lipinski definition) is 2. The molecule has 2 heterocycles. The van der Waals surface area contributed by atoms with Crippen LogP contribution < -0.4 is 0 Å². The highest BCUT2D eigenvalue weighted by Crippen LogP contribution is 2.29. The van der Waals surface area contributed by atoms with Crippen molar-refractivity contribution in [2.24, 2.45) is 0 Å². The van der Waals surface area contributed by atoms with Crippen molar-refractivity contribution >= 4 is 46.0 Å². The first-order valence-corrected chi connectivity index (χ1v) is 9.06. The Labute approximate surface area is 133 Å². The van der Waals surface area contributed by atoms with Gasteiger partial charge in [-0.3, -0.25) is 0 Å². The van der Waals surface area contributed by atoms with E-state index in [1.165, 1.54) is 30.5 Å². The number of alkyl halides is 1. The van der Waals surface area contributed by atoms with Crippen LogP contribution in [-0.4, -0.2) is 26.4 Å². The molecule has 0 bridgehead atoms. The third kappa shape index (κ3) is 3.10. The van der Waals surface area contributed by atoms with Crippen LogP contribution in [0.25, 0.3) is 11.0 Å². The fourth-order valence-electron chi connectivity index (χ4n) is 2.79. The molecule has 0 N–H and O–H groups in total. The van der Waals surface area contributed by atoms with Gasteiger partial charge < -0.3 is 4.57 Å². The maximum absolute atomic E-state index is 6.07. The van der Waals surface area contributed by atoms with Gasteiger partial charge in [-0.15, -0.1) is 11.6 Å². The first kappa shape index (κ1) is 14.6. The number of hydrogen-bond donors (Lipinski definition) is 0. The molecule has 0 spiro atoms. The average molecular weight is 329 g/mol. The molecule has 108 valence electrons. The Kier molecular flexibility index (Phi) is 4.79. The molecule has 2 nitrogen and oxygen atoms in total. The highest BCUT2D eigenvalue weighted by Gasteiger charge is 2.18. The molecule has 2 aromatic rings. The summed E-state index contributed by atoms with van der Waals surface area (Å²) in [6, 6.07) is 5.97. The van der Waals surface area contributed by atoms with Crippen molar-refractivity contribution in [3.05, 3.63) is 29.0 Å². The quantitative estimate of drug-likeness (QED) is 0.753. The van der Waals surface area contributed by atoms with Crippen molar-refractivity contribution < 1.29 is 0 Å². The number of rotatable bonds is 4. The maximum atomic E-state index is 6.07. The first-order chi connectivity index (χ1) is 9.78. The predicted molar refractivity (Wildman–Crippen MR) is 89.3 cm³/mol. The van der Waals surface area contributed by atoms with Crippen molar-refractivity contribution in [3.8, 4) is 0 Å². The fraction of sp³-hybridized carbons (Fsp3) is 0.533. The van der Waals surface area contributed by atoms with E-state index in [1.807, 2.05) is 12.1 Å². The first-order valence-electron chi connectivity index (χ1n) is 7.10. The second kappa shape index (κ2) is 6.59. The Morgan fingerprint density at radius 3 is 3.00 bits per heavy atom. The van der Waals surface area contributed by atoms with Crippen LogP contribution in [0.1, 0.15) is 25.1 Å². The topological polar surface area (TPSA) is 17.8 Å². The number of fused-ring (bicyclic) bond motifs is 1. The largest absolute Gasteiger partial charge is 0.327 e. The van der Waals surface area contributed by atoms with Crippen molar-refractivity contribution in [3.63, 3.8) is 0 Å². The van der Waals surface area contributed by atoms with E-state index >= 15 is 0 Å². The van der Waals surface area contributed by atoms with Gasteiger partial charge in [0.1, 0.15) is 5.82 Å². The highest BCUT2D eigenvalue weighted by atomic mass is 35.5. The van der Waals surface area contributed by atoms with Crippen LogP contribution in [0.5, 0.6) is 0 Å². The molecular weight excluding hydrogens is 311 g/mol. The summed E-state index contributed by atoms with van der Waals surface area (Å²) in [6.07, 6.45) is 4.82. The lowest BCUT2D eigenvalue weighted by molar-refractivity contribution is 0.577. The van der Waals surface area contributed by atoms with E-state index in [1.54, 1.807) is 0 Å². The molecule has 0 saturated carbocycles. The van der Waals surface area contributed by atoms with Crippen molar-refractivity contribution in [1.82, 2.24) is 9.55 Å². The van der Waals surface area contributed by atoms with Crippen LogP contribution in [-0.2, 0) is 13.0 Å². The molecule has 1 aliphatic heterocycles. The Balaban J connectivity index is 1.95. The Hall–Kier alpha value is -0.380. The normalized spacial score (nSPS) is 19.6. The molecule has 3 rings (SSSR count). The summed E-state index contributed by atoms with van der Waals surface area (Å²) in [5.74, 6) is 2.98. The third-order valence-electron chi connectivity index (χ3n) is 3.77. The molecule has 1 aliphatic rings. The summed E-state index contributed by atoms with van der Waals surface area (Å²) >= 11 is 14.1. The number of benzene rings is 1.